The van der Waals surface area contributed by atoms with Crippen LogP contribution in [0.3, 0.4) is 0 Å². The van der Waals surface area contributed by atoms with Gasteiger partial charge in [0.05, 0.1) is 0 Å². The summed E-state index contributed by atoms with van der Waals surface area (Å²) in [6.07, 6.45) is 0.532. The smallest absolute Gasteiger partial charge is 0.401 e. The summed E-state index contributed by atoms with van der Waals surface area (Å²) in [5, 5.41) is 10.4. The number of hydrogen-bond acceptors (Lipinski definition) is 2. The zero-order valence-corrected chi connectivity index (χ0v) is 8.36. The van der Waals surface area contributed by atoms with Crippen molar-refractivity contribution in [1.82, 2.24) is 5.09 Å². The van der Waals surface area contributed by atoms with Gasteiger partial charge in [0, 0.05) is 0 Å². The lowest BCUT2D eigenvalue weighted by atomic mass is 10.0. The summed E-state index contributed by atoms with van der Waals surface area (Å²) in [5.74, 6) is -1.58. The highest BCUT2D eigenvalue weighted by atomic mass is 31.2. The first-order valence-corrected chi connectivity index (χ1v) is 5.45. The molecule has 0 fully saturated rings. The van der Waals surface area contributed by atoms with Crippen LogP contribution in [0.1, 0.15) is 20.3 Å². The molecule has 0 heterocycles. The Bertz CT molecular complexity index is 225. The number of carboxylic acids is 1. The molecule has 78 valence electrons. The highest BCUT2D eigenvalue weighted by Crippen LogP contribution is 2.30. The van der Waals surface area contributed by atoms with Crippen LogP contribution < -0.4 is 5.09 Å². The molecule has 0 bridgehead atoms. The first-order chi connectivity index (χ1) is 5.78. The molecule has 13 heavy (non-hydrogen) atoms. The van der Waals surface area contributed by atoms with E-state index in [-0.39, 0.29) is 5.92 Å². The van der Waals surface area contributed by atoms with Gasteiger partial charge in [0.25, 0.3) is 0 Å². The molecule has 0 saturated carbocycles. The highest BCUT2D eigenvalue weighted by Gasteiger charge is 2.29. The molecule has 0 aliphatic rings. The second kappa shape index (κ2) is 4.72. The highest BCUT2D eigenvalue weighted by molar-refractivity contribution is 7.49. The molecule has 0 spiro atoms. The van der Waals surface area contributed by atoms with Gasteiger partial charge in [0.15, 0.2) is 0 Å². The number of carbonyl (C=O) groups is 1. The maximum Gasteiger partial charge on any atom is 0.401 e. The summed E-state index contributed by atoms with van der Waals surface area (Å²) >= 11 is 0. The van der Waals surface area contributed by atoms with Gasteiger partial charge in [0.2, 0.25) is 0 Å². The molecule has 0 aromatic heterocycles. The minimum absolute atomic E-state index is 0.329. The largest absolute Gasteiger partial charge is 0.480 e. The lowest BCUT2D eigenvalue weighted by Crippen LogP contribution is -2.39. The molecule has 6 nitrogen and oxygen atoms in total. The Labute approximate surface area is 76.2 Å². The Kier molecular flexibility index (Phi) is 4.56. The van der Waals surface area contributed by atoms with Crippen molar-refractivity contribution in [3.63, 3.8) is 0 Å². The van der Waals surface area contributed by atoms with Crippen molar-refractivity contribution in [1.29, 1.82) is 0 Å². The van der Waals surface area contributed by atoms with Crippen molar-refractivity contribution in [3.05, 3.63) is 0 Å². The van der Waals surface area contributed by atoms with Crippen LogP contribution in [0.4, 0.5) is 0 Å². The van der Waals surface area contributed by atoms with E-state index < -0.39 is 19.8 Å². The van der Waals surface area contributed by atoms with Gasteiger partial charge in [-0.05, 0) is 5.92 Å². The molecule has 0 aromatic rings. The van der Waals surface area contributed by atoms with Crippen LogP contribution in [-0.2, 0) is 9.36 Å². The van der Waals surface area contributed by atoms with Gasteiger partial charge in [-0.1, -0.05) is 20.3 Å². The van der Waals surface area contributed by atoms with E-state index in [0.29, 0.717) is 6.42 Å². The summed E-state index contributed by atoms with van der Waals surface area (Å²) in [7, 11) is -4.47. The van der Waals surface area contributed by atoms with Crippen LogP contribution in [0.15, 0.2) is 0 Å². The van der Waals surface area contributed by atoms with Crippen molar-refractivity contribution in [2.24, 2.45) is 5.92 Å². The molecule has 7 heteroatoms. The van der Waals surface area contributed by atoms with E-state index in [2.05, 4.69) is 0 Å². The van der Waals surface area contributed by atoms with Crippen molar-refractivity contribution < 1.29 is 24.3 Å². The van der Waals surface area contributed by atoms with Gasteiger partial charge in [-0.3, -0.25) is 4.79 Å². The minimum Gasteiger partial charge on any atom is -0.480 e. The number of hydrogen-bond donors (Lipinski definition) is 4. The van der Waals surface area contributed by atoms with Gasteiger partial charge < -0.3 is 14.9 Å². The molecule has 0 aliphatic heterocycles. The van der Waals surface area contributed by atoms with E-state index in [1.54, 1.807) is 18.9 Å². The maximum absolute atomic E-state index is 10.6. The third-order valence-corrected chi connectivity index (χ3v) is 2.40. The molecule has 0 aromatic carbocycles. The van der Waals surface area contributed by atoms with Crippen LogP contribution in [-0.4, -0.2) is 26.9 Å². The number of carboxylic acid groups (broad SMARTS) is 1. The molecule has 0 radical (unpaired) electrons. The van der Waals surface area contributed by atoms with Gasteiger partial charge in [-0.25, -0.2) is 9.65 Å². The van der Waals surface area contributed by atoms with Gasteiger partial charge in [-0.2, -0.15) is 0 Å². The van der Waals surface area contributed by atoms with Crippen molar-refractivity contribution in [2.75, 3.05) is 0 Å². The molecule has 0 rings (SSSR count). The standard InChI is InChI=1S/C6H14NO5P/c1-3-4(2)5(6(8)9)7-13(10,11)12/h4-5H,3H2,1-2H3,(H,8,9)(H3,7,10,11,12)/t4-,5+/m0/s1. The summed E-state index contributed by atoms with van der Waals surface area (Å²) in [4.78, 5) is 27.6. The average molecular weight is 211 g/mol. The minimum atomic E-state index is -4.47. The topological polar surface area (TPSA) is 107 Å². The van der Waals surface area contributed by atoms with Gasteiger partial charge in [0.1, 0.15) is 6.04 Å². The lowest BCUT2D eigenvalue weighted by Gasteiger charge is -2.20. The van der Waals surface area contributed by atoms with Gasteiger partial charge >= 0.3 is 13.7 Å². The lowest BCUT2D eigenvalue weighted by molar-refractivity contribution is -0.140. The van der Waals surface area contributed by atoms with E-state index in [0.717, 1.165) is 0 Å². The Balaban J connectivity index is 4.45. The van der Waals surface area contributed by atoms with E-state index in [9.17, 15) is 9.36 Å². The second-order valence-corrected chi connectivity index (χ2v) is 4.22. The molecular formula is C6H14NO5P. The Morgan fingerprint density at radius 2 is 2.00 bits per heavy atom. The van der Waals surface area contributed by atoms with E-state index in [4.69, 9.17) is 14.9 Å². The third-order valence-electron chi connectivity index (χ3n) is 1.79. The monoisotopic (exact) mass is 211 g/mol. The van der Waals surface area contributed by atoms with E-state index in [1.165, 1.54) is 0 Å². The molecule has 2 atom stereocenters. The summed E-state index contributed by atoms with van der Waals surface area (Å²) < 4.78 is 10.5. The Morgan fingerprint density at radius 1 is 1.54 bits per heavy atom. The first kappa shape index (κ1) is 12.6. The van der Waals surface area contributed by atoms with Crippen molar-refractivity contribution in [3.8, 4) is 0 Å². The summed E-state index contributed by atoms with van der Waals surface area (Å²) in [6, 6.07) is -1.20. The molecule has 0 aliphatic carbocycles. The van der Waals surface area contributed by atoms with Crippen molar-refractivity contribution >= 4 is 13.7 Å². The summed E-state index contributed by atoms with van der Waals surface area (Å²) in [6.45, 7) is 3.36. The zero-order valence-electron chi connectivity index (χ0n) is 7.47. The predicted octanol–water partition coefficient (Wildman–Crippen LogP) is 0.168. The van der Waals surface area contributed by atoms with Crippen LogP contribution >= 0.6 is 7.75 Å². The Hall–Kier alpha value is -0.420. The number of rotatable bonds is 5. The molecule has 0 unspecified atom stereocenters. The Morgan fingerprint density at radius 3 is 2.23 bits per heavy atom. The normalized spacial score (nSPS) is 16.6. The second-order valence-electron chi connectivity index (χ2n) is 2.87. The fourth-order valence-corrected chi connectivity index (χ4v) is 1.57. The third kappa shape index (κ3) is 5.00. The van der Waals surface area contributed by atoms with E-state index in [1.807, 2.05) is 0 Å². The van der Waals surface area contributed by atoms with E-state index >= 15 is 0 Å². The number of aliphatic carboxylic acids is 1. The maximum atomic E-state index is 10.6. The van der Waals surface area contributed by atoms with Gasteiger partial charge in [-0.15, -0.1) is 0 Å². The fourth-order valence-electron chi connectivity index (χ4n) is 0.843. The summed E-state index contributed by atoms with van der Waals surface area (Å²) in [5.41, 5.74) is 0. The van der Waals surface area contributed by atoms with Crippen LogP contribution in [0.2, 0.25) is 0 Å². The number of nitrogens with one attached hydrogen (secondary N) is 1. The molecule has 0 saturated heterocycles. The van der Waals surface area contributed by atoms with Crippen LogP contribution in [0, 0.1) is 5.92 Å². The SMILES string of the molecule is CC[C@H](C)[C@@H](NP(=O)(O)O)C(=O)O. The molecular weight excluding hydrogens is 197 g/mol. The van der Waals surface area contributed by atoms with Crippen molar-refractivity contribution in [2.45, 2.75) is 26.3 Å². The van der Waals surface area contributed by atoms with Crippen LogP contribution in [0.25, 0.3) is 0 Å². The fraction of sp³-hybridized carbons (Fsp3) is 0.833. The molecule has 0 amide bonds. The average Bonchev–Trinajstić information content (AvgIpc) is 1.96. The quantitative estimate of drug-likeness (QED) is 0.483. The zero-order chi connectivity index (χ0) is 10.6. The molecule has 4 N–H and O–H groups in total. The predicted molar refractivity (Wildman–Crippen MR) is 46.1 cm³/mol. The van der Waals surface area contributed by atoms with Crippen LogP contribution in [0.5, 0.6) is 0 Å². The first-order valence-electron chi connectivity index (χ1n) is 3.84.